The van der Waals surface area contributed by atoms with Crippen LogP contribution in [0.3, 0.4) is 0 Å². The van der Waals surface area contributed by atoms with Gasteiger partial charge in [-0.15, -0.1) is 0 Å². The van der Waals surface area contributed by atoms with E-state index in [-0.39, 0.29) is 10.6 Å². The van der Waals surface area contributed by atoms with Gasteiger partial charge in [-0.05, 0) is 34.8 Å². The SMILES string of the molecule is N#Cc1c(NC2CC2)cc(Br)c(Cl)c1F. The number of hydrogen-bond donors (Lipinski definition) is 1. The van der Waals surface area contributed by atoms with Gasteiger partial charge in [0.05, 0.1) is 10.7 Å². The zero-order chi connectivity index (χ0) is 11.0. The summed E-state index contributed by atoms with van der Waals surface area (Å²) in [6.07, 6.45) is 2.12. The molecule has 1 aromatic carbocycles. The lowest BCUT2D eigenvalue weighted by Gasteiger charge is -2.09. The Morgan fingerprint density at radius 1 is 1.60 bits per heavy atom. The molecule has 0 aliphatic heterocycles. The van der Waals surface area contributed by atoms with Crippen molar-refractivity contribution in [2.45, 2.75) is 18.9 Å². The fraction of sp³-hybridized carbons (Fsp3) is 0.300. The van der Waals surface area contributed by atoms with Crippen LogP contribution in [0.1, 0.15) is 18.4 Å². The maximum Gasteiger partial charge on any atom is 0.162 e. The molecule has 15 heavy (non-hydrogen) atoms. The Morgan fingerprint density at radius 2 is 2.27 bits per heavy atom. The Labute approximate surface area is 100 Å². The van der Waals surface area contributed by atoms with Gasteiger partial charge < -0.3 is 5.32 Å². The first kappa shape index (κ1) is 10.7. The average Bonchev–Trinajstić information content (AvgIpc) is 2.99. The minimum absolute atomic E-state index is 0.0184. The molecule has 2 nitrogen and oxygen atoms in total. The van der Waals surface area contributed by atoms with Gasteiger partial charge in [0.25, 0.3) is 0 Å². The topological polar surface area (TPSA) is 35.8 Å². The molecule has 78 valence electrons. The van der Waals surface area contributed by atoms with E-state index in [9.17, 15) is 4.39 Å². The molecular weight excluding hydrogens is 282 g/mol. The molecule has 1 N–H and O–H groups in total. The van der Waals surface area contributed by atoms with Crippen molar-refractivity contribution in [3.8, 4) is 6.07 Å². The molecule has 0 atom stereocenters. The highest BCUT2D eigenvalue weighted by atomic mass is 79.9. The Bertz CT molecular complexity index is 452. The van der Waals surface area contributed by atoms with Gasteiger partial charge in [0, 0.05) is 10.5 Å². The summed E-state index contributed by atoms with van der Waals surface area (Å²) in [6.45, 7) is 0. The maximum absolute atomic E-state index is 13.6. The Kier molecular flexibility index (Phi) is 2.85. The third-order valence-corrected chi connectivity index (χ3v) is 3.43. The highest BCUT2D eigenvalue weighted by Crippen LogP contribution is 2.35. The van der Waals surface area contributed by atoms with E-state index >= 15 is 0 Å². The molecule has 1 fully saturated rings. The van der Waals surface area contributed by atoms with Gasteiger partial charge in [0.15, 0.2) is 5.82 Å². The molecule has 1 aromatic rings. The van der Waals surface area contributed by atoms with Crippen LogP contribution in [0.5, 0.6) is 0 Å². The summed E-state index contributed by atoms with van der Waals surface area (Å²) in [4.78, 5) is 0. The largest absolute Gasteiger partial charge is 0.381 e. The smallest absolute Gasteiger partial charge is 0.162 e. The predicted octanol–water partition coefficient (Wildman–Crippen LogP) is 3.69. The predicted molar refractivity (Wildman–Crippen MR) is 60.5 cm³/mol. The van der Waals surface area contributed by atoms with Gasteiger partial charge in [-0.1, -0.05) is 11.6 Å². The summed E-state index contributed by atoms with van der Waals surface area (Å²) in [5.41, 5.74) is 0.490. The second-order valence-electron chi connectivity index (χ2n) is 3.44. The molecule has 2 rings (SSSR count). The van der Waals surface area contributed by atoms with Crippen LogP contribution in [0.2, 0.25) is 5.02 Å². The molecule has 0 saturated heterocycles. The molecule has 0 spiro atoms. The van der Waals surface area contributed by atoms with Crippen molar-refractivity contribution >= 4 is 33.2 Å². The number of nitrogens with zero attached hydrogens (tertiary/aromatic N) is 1. The molecule has 0 bridgehead atoms. The van der Waals surface area contributed by atoms with Gasteiger partial charge in [-0.25, -0.2) is 4.39 Å². The number of rotatable bonds is 2. The molecule has 0 heterocycles. The summed E-state index contributed by atoms with van der Waals surface area (Å²) in [6, 6.07) is 3.83. The van der Waals surface area contributed by atoms with Crippen molar-refractivity contribution in [3.05, 3.63) is 26.9 Å². The lowest BCUT2D eigenvalue weighted by molar-refractivity contribution is 0.624. The van der Waals surface area contributed by atoms with E-state index in [2.05, 4.69) is 21.2 Å². The fourth-order valence-electron chi connectivity index (χ4n) is 1.27. The van der Waals surface area contributed by atoms with Crippen molar-refractivity contribution in [1.82, 2.24) is 0 Å². The molecule has 0 amide bonds. The normalized spacial score (nSPS) is 14.8. The third kappa shape index (κ3) is 2.09. The monoisotopic (exact) mass is 288 g/mol. The number of anilines is 1. The lowest BCUT2D eigenvalue weighted by Crippen LogP contribution is -2.04. The highest BCUT2D eigenvalue weighted by Gasteiger charge is 2.24. The van der Waals surface area contributed by atoms with Gasteiger partial charge in [0.2, 0.25) is 0 Å². The Hall–Kier alpha value is -0.790. The fourth-order valence-corrected chi connectivity index (χ4v) is 1.82. The van der Waals surface area contributed by atoms with Crippen molar-refractivity contribution in [1.29, 1.82) is 5.26 Å². The van der Waals surface area contributed by atoms with E-state index in [0.717, 1.165) is 12.8 Å². The summed E-state index contributed by atoms with van der Waals surface area (Å²) in [7, 11) is 0. The van der Waals surface area contributed by atoms with Crippen molar-refractivity contribution < 1.29 is 4.39 Å². The first-order chi connectivity index (χ1) is 7.13. The van der Waals surface area contributed by atoms with Crippen molar-refractivity contribution in [3.63, 3.8) is 0 Å². The maximum atomic E-state index is 13.6. The molecule has 1 aliphatic carbocycles. The van der Waals surface area contributed by atoms with E-state index in [0.29, 0.717) is 16.2 Å². The summed E-state index contributed by atoms with van der Waals surface area (Å²) in [5.74, 6) is -0.670. The number of nitriles is 1. The second-order valence-corrected chi connectivity index (χ2v) is 4.67. The van der Waals surface area contributed by atoms with E-state index < -0.39 is 5.82 Å². The van der Waals surface area contributed by atoms with E-state index in [1.54, 1.807) is 6.07 Å². The minimum atomic E-state index is -0.670. The quantitative estimate of drug-likeness (QED) is 0.843. The van der Waals surface area contributed by atoms with Crippen LogP contribution < -0.4 is 5.32 Å². The molecule has 0 radical (unpaired) electrons. The van der Waals surface area contributed by atoms with Gasteiger partial charge in [0.1, 0.15) is 11.6 Å². The minimum Gasteiger partial charge on any atom is -0.381 e. The standard InChI is InChI=1S/C10H7BrClFN2/c11-7-3-8(15-5-1-2-5)6(4-14)10(13)9(7)12/h3,5,15H,1-2H2. The van der Waals surface area contributed by atoms with Crippen LogP contribution >= 0.6 is 27.5 Å². The number of benzene rings is 1. The van der Waals surface area contributed by atoms with Crippen molar-refractivity contribution in [2.75, 3.05) is 5.32 Å². The Morgan fingerprint density at radius 3 is 2.80 bits per heavy atom. The summed E-state index contributed by atoms with van der Waals surface area (Å²) < 4.78 is 14.0. The van der Waals surface area contributed by atoms with Crippen LogP contribution in [0.15, 0.2) is 10.5 Å². The van der Waals surface area contributed by atoms with Crippen LogP contribution in [0.25, 0.3) is 0 Å². The summed E-state index contributed by atoms with van der Waals surface area (Å²) >= 11 is 8.83. The first-order valence-corrected chi connectivity index (χ1v) is 5.64. The third-order valence-electron chi connectivity index (χ3n) is 2.21. The molecule has 0 unspecified atom stereocenters. The molecule has 5 heteroatoms. The second kappa shape index (κ2) is 3.99. The molecule has 1 saturated carbocycles. The van der Waals surface area contributed by atoms with E-state index in [4.69, 9.17) is 16.9 Å². The van der Waals surface area contributed by atoms with Crippen LogP contribution in [0, 0.1) is 17.1 Å². The number of halogens is 3. The van der Waals surface area contributed by atoms with Crippen LogP contribution in [-0.2, 0) is 0 Å². The van der Waals surface area contributed by atoms with Gasteiger partial charge in [-0.3, -0.25) is 0 Å². The summed E-state index contributed by atoms with van der Waals surface area (Å²) in [5, 5.41) is 11.9. The van der Waals surface area contributed by atoms with Crippen molar-refractivity contribution in [2.24, 2.45) is 0 Å². The zero-order valence-electron chi connectivity index (χ0n) is 7.65. The number of nitrogens with one attached hydrogen (secondary N) is 1. The van der Waals surface area contributed by atoms with E-state index in [1.165, 1.54) is 0 Å². The molecular formula is C10H7BrClFN2. The van der Waals surface area contributed by atoms with Crippen LogP contribution in [-0.4, -0.2) is 6.04 Å². The first-order valence-electron chi connectivity index (χ1n) is 4.47. The van der Waals surface area contributed by atoms with Gasteiger partial charge in [-0.2, -0.15) is 5.26 Å². The zero-order valence-corrected chi connectivity index (χ0v) is 9.99. The lowest BCUT2D eigenvalue weighted by atomic mass is 10.2. The molecule has 0 aromatic heterocycles. The Balaban J connectivity index is 2.47. The van der Waals surface area contributed by atoms with Crippen LogP contribution in [0.4, 0.5) is 10.1 Å². The highest BCUT2D eigenvalue weighted by molar-refractivity contribution is 9.10. The average molecular weight is 290 g/mol. The van der Waals surface area contributed by atoms with Gasteiger partial charge >= 0.3 is 0 Å². The van der Waals surface area contributed by atoms with E-state index in [1.807, 2.05) is 6.07 Å². The molecule has 1 aliphatic rings. The number of hydrogen-bond acceptors (Lipinski definition) is 2.